The number of H-pyrrole nitrogens is 1. The predicted molar refractivity (Wildman–Crippen MR) is 79.3 cm³/mol. The number of hydrogen-bond acceptors (Lipinski definition) is 6. The first-order chi connectivity index (χ1) is 10.1. The topological polar surface area (TPSA) is 99.8 Å². The number of thiazole rings is 1. The van der Waals surface area contributed by atoms with E-state index in [0.717, 1.165) is 12.8 Å². The maximum atomic E-state index is 12.5. The minimum atomic E-state index is -3.60. The van der Waals surface area contributed by atoms with Gasteiger partial charge in [-0.05, 0) is 19.8 Å². The van der Waals surface area contributed by atoms with Gasteiger partial charge in [-0.3, -0.25) is 5.10 Å². The van der Waals surface area contributed by atoms with Crippen molar-refractivity contribution in [2.24, 2.45) is 0 Å². The number of aryl methyl sites for hydroxylation is 1. The van der Waals surface area contributed by atoms with Gasteiger partial charge in [-0.25, -0.2) is 18.1 Å². The van der Waals surface area contributed by atoms with Gasteiger partial charge in [-0.2, -0.15) is 5.10 Å². The largest absolute Gasteiger partial charge is 0.308 e. The van der Waals surface area contributed by atoms with Gasteiger partial charge in [-0.15, -0.1) is 11.3 Å². The van der Waals surface area contributed by atoms with E-state index in [0.29, 0.717) is 29.7 Å². The second-order valence-corrected chi connectivity index (χ2v) is 7.51. The molecule has 0 bridgehead atoms. The Morgan fingerprint density at radius 2 is 2.24 bits per heavy atom. The van der Waals surface area contributed by atoms with E-state index in [1.165, 1.54) is 11.3 Å². The molecular formula is C12H17N5O2S2. The molecular weight excluding hydrogens is 310 g/mol. The van der Waals surface area contributed by atoms with Crippen LogP contribution < -0.4 is 10.0 Å². The highest BCUT2D eigenvalue weighted by Gasteiger charge is 2.26. The third-order valence-corrected chi connectivity index (χ3v) is 5.53. The van der Waals surface area contributed by atoms with Gasteiger partial charge in [0, 0.05) is 18.0 Å². The highest BCUT2D eigenvalue weighted by atomic mass is 32.2. The normalized spacial score (nSPS) is 15.5. The van der Waals surface area contributed by atoms with E-state index in [1.807, 2.05) is 5.38 Å². The standard InChI is InChI=1S/C12H17N5O2S2/c1-8-12(11(17-16-8)5-13-9-2-3-9)21(18,19)15-4-10-6-20-7-14-10/h6-7,9,13,15H,2-5H2,1H3,(H,16,17). The second kappa shape index (κ2) is 5.84. The van der Waals surface area contributed by atoms with E-state index in [-0.39, 0.29) is 11.4 Å². The summed E-state index contributed by atoms with van der Waals surface area (Å²) in [5, 5.41) is 12.0. The summed E-state index contributed by atoms with van der Waals surface area (Å²) in [6.45, 7) is 2.36. The van der Waals surface area contributed by atoms with Crippen LogP contribution in [-0.2, 0) is 23.1 Å². The van der Waals surface area contributed by atoms with E-state index < -0.39 is 10.0 Å². The van der Waals surface area contributed by atoms with Gasteiger partial charge in [0.25, 0.3) is 0 Å². The van der Waals surface area contributed by atoms with Gasteiger partial charge in [0.15, 0.2) is 0 Å². The Bertz CT molecular complexity index is 704. The van der Waals surface area contributed by atoms with Crippen LogP contribution in [0, 0.1) is 6.92 Å². The first-order valence-corrected chi connectivity index (χ1v) is 9.13. The van der Waals surface area contributed by atoms with E-state index in [4.69, 9.17) is 0 Å². The lowest BCUT2D eigenvalue weighted by atomic mass is 10.3. The second-order valence-electron chi connectivity index (χ2n) is 5.08. The zero-order valence-electron chi connectivity index (χ0n) is 11.6. The van der Waals surface area contributed by atoms with Crippen molar-refractivity contribution in [1.82, 2.24) is 25.2 Å². The molecule has 0 saturated heterocycles. The molecule has 3 rings (SSSR count). The van der Waals surface area contributed by atoms with Gasteiger partial charge in [0.05, 0.1) is 29.1 Å². The Kier molecular flexibility index (Phi) is 4.07. The predicted octanol–water partition coefficient (Wildman–Crippen LogP) is 0.905. The van der Waals surface area contributed by atoms with E-state index >= 15 is 0 Å². The zero-order valence-corrected chi connectivity index (χ0v) is 13.2. The van der Waals surface area contributed by atoms with E-state index in [2.05, 4.69) is 25.2 Å². The summed E-state index contributed by atoms with van der Waals surface area (Å²) in [7, 11) is -3.60. The third kappa shape index (κ3) is 3.49. The number of nitrogens with one attached hydrogen (secondary N) is 3. The minimum absolute atomic E-state index is 0.186. The Morgan fingerprint density at radius 3 is 2.90 bits per heavy atom. The molecule has 0 unspecified atom stereocenters. The van der Waals surface area contributed by atoms with Gasteiger partial charge in [-0.1, -0.05) is 0 Å². The monoisotopic (exact) mass is 327 g/mol. The fraction of sp³-hybridized carbons (Fsp3) is 0.500. The van der Waals surface area contributed by atoms with Crippen LogP contribution in [0.1, 0.15) is 29.9 Å². The van der Waals surface area contributed by atoms with Crippen molar-refractivity contribution in [3.63, 3.8) is 0 Å². The third-order valence-electron chi connectivity index (χ3n) is 3.29. The summed E-state index contributed by atoms with van der Waals surface area (Å²) in [6, 6.07) is 0.500. The summed E-state index contributed by atoms with van der Waals surface area (Å²) in [5.74, 6) is 0. The minimum Gasteiger partial charge on any atom is -0.308 e. The quantitative estimate of drug-likeness (QED) is 0.702. The number of hydrogen-bond donors (Lipinski definition) is 3. The summed E-state index contributed by atoms with van der Waals surface area (Å²) >= 11 is 1.44. The molecule has 114 valence electrons. The fourth-order valence-corrected chi connectivity index (χ4v) is 3.96. The van der Waals surface area contributed by atoms with Crippen LogP contribution in [0.4, 0.5) is 0 Å². The van der Waals surface area contributed by atoms with Crippen LogP contribution in [0.2, 0.25) is 0 Å². The molecule has 1 saturated carbocycles. The average Bonchev–Trinajstić information content (AvgIpc) is 2.97. The van der Waals surface area contributed by atoms with Crippen molar-refractivity contribution in [1.29, 1.82) is 0 Å². The highest BCUT2D eigenvalue weighted by molar-refractivity contribution is 7.89. The number of sulfonamides is 1. The van der Waals surface area contributed by atoms with Gasteiger partial charge in [0.2, 0.25) is 10.0 Å². The smallest absolute Gasteiger partial charge is 0.244 e. The Labute approximate surface area is 127 Å². The maximum absolute atomic E-state index is 12.5. The van der Waals surface area contributed by atoms with Crippen molar-refractivity contribution in [2.45, 2.75) is 43.8 Å². The lowest BCUT2D eigenvalue weighted by Gasteiger charge is -2.07. The summed E-state index contributed by atoms with van der Waals surface area (Å²) in [4.78, 5) is 4.31. The lowest BCUT2D eigenvalue weighted by Crippen LogP contribution is -2.26. The molecule has 9 heteroatoms. The van der Waals surface area contributed by atoms with Crippen molar-refractivity contribution in [3.8, 4) is 0 Å². The van der Waals surface area contributed by atoms with Crippen LogP contribution >= 0.6 is 11.3 Å². The molecule has 1 aliphatic carbocycles. The maximum Gasteiger partial charge on any atom is 0.244 e. The van der Waals surface area contributed by atoms with Gasteiger partial charge < -0.3 is 5.32 Å². The molecule has 1 aliphatic rings. The van der Waals surface area contributed by atoms with Crippen molar-refractivity contribution in [2.75, 3.05) is 0 Å². The van der Waals surface area contributed by atoms with Crippen LogP contribution in [0.3, 0.4) is 0 Å². The Hall–Kier alpha value is -1.29. The molecule has 0 aromatic carbocycles. The van der Waals surface area contributed by atoms with E-state index in [9.17, 15) is 8.42 Å². The molecule has 21 heavy (non-hydrogen) atoms. The number of rotatable bonds is 7. The number of aromatic amines is 1. The number of nitrogens with zero attached hydrogens (tertiary/aromatic N) is 2. The van der Waals surface area contributed by atoms with Crippen molar-refractivity contribution < 1.29 is 8.42 Å². The molecule has 0 spiro atoms. The first kappa shape index (κ1) is 14.6. The molecule has 2 aromatic heterocycles. The fourth-order valence-electron chi connectivity index (χ4n) is 2.04. The molecule has 0 aliphatic heterocycles. The SMILES string of the molecule is Cc1[nH]nc(CNC2CC2)c1S(=O)(=O)NCc1cscn1. The van der Waals surface area contributed by atoms with Crippen LogP contribution in [0.25, 0.3) is 0 Å². The average molecular weight is 327 g/mol. The summed E-state index contributed by atoms with van der Waals surface area (Å²) in [5.41, 5.74) is 3.47. The van der Waals surface area contributed by atoms with Crippen molar-refractivity contribution >= 4 is 21.4 Å². The summed E-state index contributed by atoms with van der Waals surface area (Å²) in [6.07, 6.45) is 2.29. The van der Waals surface area contributed by atoms with Crippen LogP contribution in [0.5, 0.6) is 0 Å². The Morgan fingerprint density at radius 1 is 1.43 bits per heavy atom. The van der Waals surface area contributed by atoms with Crippen molar-refractivity contribution in [3.05, 3.63) is 28.0 Å². The van der Waals surface area contributed by atoms with Crippen LogP contribution in [0.15, 0.2) is 15.8 Å². The Balaban J connectivity index is 1.75. The number of aromatic nitrogens is 3. The van der Waals surface area contributed by atoms with Gasteiger partial charge >= 0.3 is 0 Å². The molecule has 2 heterocycles. The molecule has 2 aromatic rings. The molecule has 1 fully saturated rings. The van der Waals surface area contributed by atoms with Crippen LogP contribution in [-0.4, -0.2) is 29.6 Å². The molecule has 7 nitrogen and oxygen atoms in total. The van der Waals surface area contributed by atoms with E-state index in [1.54, 1.807) is 12.4 Å². The first-order valence-electron chi connectivity index (χ1n) is 6.70. The van der Waals surface area contributed by atoms with Gasteiger partial charge in [0.1, 0.15) is 4.90 Å². The molecule has 0 atom stereocenters. The summed E-state index contributed by atoms with van der Waals surface area (Å²) < 4.78 is 27.5. The molecule has 0 radical (unpaired) electrons. The zero-order chi connectivity index (χ0) is 14.9. The highest BCUT2D eigenvalue weighted by Crippen LogP contribution is 2.22. The lowest BCUT2D eigenvalue weighted by molar-refractivity contribution is 0.576. The molecule has 0 amide bonds. The molecule has 3 N–H and O–H groups in total.